The summed E-state index contributed by atoms with van der Waals surface area (Å²) >= 11 is 0. The molecule has 2 aromatic rings. The Morgan fingerprint density at radius 1 is 1.29 bits per heavy atom. The Kier molecular flexibility index (Phi) is 8.54. The zero-order valence-corrected chi connectivity index (χ0v) is 16.6. The molecule has 5 nitrogen and oxygen atoms in total. The van der Waals surface area contributed by atoms with Crippen LogP contribution in [0.4, 0.5) is 4.39 Å². The van der Waals surface area contributed by atoms with Gasteiger partial charge in [-0.2, -0.15) is 5.10 Å². The SMILES string of the molecule is C#CCCCCCCCOc1cccc(CNC(=O)c2cc(C)nn2C)c1F. The van der Waals surface area contributed by atoms with Gasteiger partial charge < -0.3 is 10.1 Å². The van der Waals surface area contributed by atoms with Gasteiger partial charge in [-0.25, -0.2) is 4.39 Å². The molecule has 1 aromatic carbocycles. The number of ether oxygens (including phenoxy) is 1. The van der Waals surface area contributed by atoms with E-state index in [-0.39, 0.29) is 18.2 Å². The van der Waals surface area contributed by atoms with Crippen molar-refractivity contribution >= 4 is 5.91 Å². The van der Waals surface area contributed by atoms with Crippen molar-refractivity contribution in [2.75, 3.05) is 6.61 Å². The third-order valence-electron chi connectivity index (χ3n) is 4.44. The molecule has 0 aliphatic rings. The van der Waals surface area contributed by atoms with Gasteiger partial charge in [-0.1, -0.05) is 31.4 Å². The normalized spacial score (nSPS) is 10.5. The van der Waals surface area contributed by atoms with E-state index in [1.54, 1.807) is 31.3 Å². The highest BCUT2D eigenvalue weighted by Gasteiger charge is 2.14. The van der Waals surface area contributed by atoms with Gasteiger partial charge in [-0.05, 0) is 31.9 Å². The number of aryl methyl sites for hydroxylation is 2. The van der Waals surface area contributed by atoms with Gasteiger partial charge >= 0.3 is 0 Å². The summed E-state index contributed by atoms with van der Waals surface area (Å²) in [6, 6.07) is 6.67. The molecule has 1 amide bonds. The van der Waals surface area contributed by atoms with Crippen LogP contribution in [0, 0.1) is 25.1 Å². The topological polar surface area (TPSA) is 56.1 Å². The number of rotatable bonds is 11. The molecule has 1 aromatic heterocycles. The molecule has 0 aliphatic carbocycles. The highest BCUT2D eigenvalue weighted by Crippen LogP contribution is 2.21. The summed E-state index contributed by atoms with van der Waals surface area (Å²) < 4.78 is 21.7. The van der Waals surface area contributed by atoms with Crippen molar-refractivity contribution < 1.29 is 13.9 Å². The number of carbonyl (C=O) groups is 1. The maximum Gasteiger partial charge on any atom is 0.269 e. The number of aromatic nitrogens is 2. The van der Waals surface area contributed by atoms with E-state index in [4.69, 9.17) is 11.2 Å². The molecule has 0 fully saturated rings. The maximum absolute atomic E-state index is 14.6. The quantitative estimate of drug-likeness (QED) is 0.467. The minimum absolute atomic E-state index is 0.0846. The number of hydrogen-bond donors (Lipinski definition) is 1. The van der Waals surface area contributed by atoms with Gasteiger partial charge in [0.25, 0.3) is 5.91 Å². The first-order chi connectivity index (χ1) is 13.5. The lowest BCUT2D eigenvalue weighted by atomic mass is 10.1. The van der Waals surface area contributed by atoms with Crippen LogP contribution in [0.25, 0.3) is 0 Å². The van der Waals surface area contributed by atoms with E-state index in [1.807, 2.05) is 6.92 Å². The number of hydrogen-bond acceptors (Lipinski definition) is 3. The van der Waals surface area contributed by atoms with Crippen molar-refractivity contribution in [1.82, 2.24) is 15.1 Å². The Balaban J connectivity index is 1.79. The molecule has 0 aliphatic heterocycles. The van der Waals surface area contributed by atoms with Gasteiger partial charge in [0.2, 0.25) is 0 Å². The second-order valence-corrected chi connectivity index (χ2v) is 6.78. The average Bonchev–Trinajstić information content (AvgIpc) is 3.02. The van der Waals surface area contributed by atoms with Gasteiger partial charge in [-0.3, -0.25) is 9.48 Å². The molecule has 0 spiro atoms. The Bertz CT molecular complexity index is 824. The lowest BCUT2D eigenvalue weighted by Crippen LogP contribution is -2.25. The fraction of sp³-hybridized carbons (Fsp3) is 0.455. The highest BCUT2D eigenvalue weighted by atomic mass is 19.1. The van der Waals surface area contributed by atoms with Crippen LogP contribution in [-0.2, 0) is 13.6 Å². The van der Waals surface area contributed by atoms with E-state index in [1.165, 1.54) is 4.68 Å². The van der Waals surface area contributed by atoms with E-state index in [2.05, 4.69) is 16.3 Å². The average molecular weight is 385 g/mol. The third kappa shape index (κ3) is 6.41. The molecular weight excluding hydrogens is 357 g/mol. The summed E-state index contributed by atoms with van der Waals surface area (Å²) in [5, 5.41) is 6.87. The van der Waals surface area contributed by atoms with Crippen LogP contribution in [-0.4, -0.2) is 22.3 Å². The smallest absolute Gasteiger partial charge is 0.269 e. The van der Waals surface area contributed by atoms with Crippen molar-refractivity contribution in [1.29, 1.82) is 0 Å². The molecule has 0 radical (unpaired) electrons. The fourth-order valence-electron chi connectivity index (χ4n) is 2.93. The number of unbranched alkanes of at least 4 members (excludes halogenated alkanes) is 5. The molecule has 28 heavy (non-hydrogen) atoms. The van der Waals surface area contributed by atoms with Crippen molar-refractivity contribution in [2.45, 2.75) is 52.0 Å². The van der Waals surface area contributed by atoms with Gasteiger partial charge in [0, 0.05) is 25.6 Å². The van der Waals surface area contributed by atoms with Crippen LogP contribution < -0.4 is 10.1 Å². The molecule has 1 N–H and O–H groups in total. The summed E-state index contributed by atoms with van der Waals surface area (Å²) in [5.41, 5.74) is 1.58. The summed E-state index contributed by atoms with van der Waals surface area (Å²) in [6.45, 7) is 2.37. The van der Waals surface area contributed by atoms with E-state index < -0.39 is 5.82 Å². The first-order valence-electron chi connectivity index (χ1n) is 9.65. The van der Waals surface area contributed by atoms with Gasteiger partial charge in [-0.15, -0.1) is 12.3 Å². The van der Waals surface area contributed by atoms with Gasteiger partial charge in [0.15, 0.2) is 11.6 Å². The summed E-state index contributed by atoms with van der Waals surface area (Å²) in [4.78, 5) is 12.3. The Morgan fingerprint density at radius 3 is 2.75 bits per heavy atom. The van der Waals surface area contributed by atoms with Gasteiger partial charge in [0.1, 0.15) is 5.69 Å². The van der Waals surface area contributed by atoms with Crippen LogP contribution >= 0.6 is 0 Å². The van der Waals surface area contributed by atoms with Gasteiger partial charge in [0.05, 0.1) is 12.3 Å². The molecule has 0 saturated heterocycles. The second-order valence-electron chi connectivity index (χ2n) is 6.78. The predicted octanol–water partition coefficient (Wildman–Crippen LogP) is 4.15. The number of carbonyl (C=O) groups excluding carboxylic acids is 1. The minimum Gasteiger partial charge on any atom is -0.491 e. The number of amides is 1. The van der Waals surface area contributed by atoms with E-state index in [0.717, 1.165) is 44.2 Å². The molecule has 0 atom stereocenters. The van der Waals surface area contributed by atoms with Crippen LogP contribution in [0.15, 0.2) is 24.3 Å². The third-order valence-corrected chi connectivity index (χ3v) is 4.44. The Morgan fingerprint density at radius 2 is 2.04 bits per heavy atom. The lowest BCUT2D eigenvalue weighted by molar-refractivity contribution is 0.0941. The largest absolute Gasteiger partial charge is 0.491 e. The number of benzene rings is 1. The maximum atomic E-state index is 14.6. The van der Waals surface area contributed by atoms with Crippen molar-refractivity contribution in [3.8, 4) is 18.1 Å². The molecule has 150 valence electrons. The molecule has 1 heterocycles. The fourth-order valence-corrected chi connectivity index (χ4v) is 2.93. The predicted molar refractivity (Wildman–Crippen MR) is 108 cm³/mol. The van der Waals surface area contributed by atoms with Crippen LogP contribution in [0.5, 0.6) is 5.75 Å². The van der Waals surface area contributed by atoms with Crippen LogP contribution in [0.3, 0.4) is 0 Å². The van der Waals surface area contributed by atoms with Crippen LogP contribution in [0.1, 0.15) is 60.3 Å². The zero-order chi connectivity index (χ0) is 20.4. The molecular formula is C22H28FN3O2. The zero-order valence-electron chi connectivity index (χ0n) is 16.6. The van der Waals surface area contributed by atoms with Crippen LogP contribution in [0.2, 0.25) is 0 Å². The molecule has 0 saturated carbocycles. The Hall–Kier alpha value is -2.81. The second kappa shape index (κ2) is 11.1. The number of nitrogens with zero attached hydrogens (tertiary/aromatic N) is 2. The summed E-state index contributed by atoms with van der Waals surface area (Å²) in [7, 11) is 1.70. The van der Waals surface area contributed by atoms with E-state index >= 15 is 0 Å². The van der Waals surface area contributed by atoms with Crippen molar-refractivity contribution in [2.24, 2.45) is 7.05 Å². The number of nitrogens with one attached hydrogen (secondary N) is 1. The highest BCUT2D eigenvalue weighted by molar-refractivity contribution is 5.92. The standard InChI is InChI=1S/C22H28FN3O2/c1-4-5-6-7-8-9-10-14-28-20-13-11-12-18(21(20)23)16-24-22(27)19-15-17(2)25-26(19)3/h1,11-13,15H,5-10,14,16H2,2-3H3,(H,24,27). The summed E-state index contributed by atoms with van der Waals surface area (Å²) in [6.07, 6.45) is 11.2. The van der Waals surface area contributed by atoms with E-state index in [0.29, 0.717) is 17.9 Å². The number of halogens is 1. The first-order valence-corrected chi connectivity index (χ1v) is 9.65. The minimum atomic E-state index is -0.432. The molecule has 0 unspecified atom stereocenters. The molecule has 0 bridgehead atoms. The van der Waals surface area contributed by atoms with Crippen molar-refractivity contribution in [3.05, 3.63) is 47.0 Å². The monoisotopic (exact) mass is 385 g/mol. The molecule has 2 rings (SSSR count). The number of terminal acetylenes is 1. The van der Waals surface area contributed by atoms with E-state index in [9.17, 15) is 9.18 Å². The first kappa shape index (κ1) is 21.5. The Labute approximate surface area is 166 Å². The summed E-state index contributed by atoms with van der Waals surface area (Å²) in [5.74, 6) is 2.13. The lowest BCUT2D eigenvalue weighted by Gasteiger charge is -2.11. The molecule has 6 heteroatoms. The van der Waals surface area contributed by atoms with Crippen molar-refractivity contribution in [3.63, 3.8) is 0 Å².